The van der Waals surface area contributed by atoms with Gasteiger partial charge in [-0.05, 0) is 24.1 Å². The molecule has 0 heterocycles. The number of hydrogen-bond donors (Lipinski definition) is 2. The third-order valence-corrected chi connectivity index (χ3v) is 9.55. The summed E-state index contributed by atoms with van der Waals surface area (Å²) in [4.78, 5) is 0. The van der Waals surface area contributed by atoms with Gasteiger partial charge in [0.2, 0.25) is 0 Å². The van der Waals surface area contributed by atoms with Gasteiger partial charge in [0.15, 0.2) is 0 Å². The zero-order chi connectivity index (χ0) is 18.4. The second kappa shape index (κ2) is 8.51. The Bertz CT molecular complexity index is 714. The van der Waals surface area contributed by atoms with E-state index in [1.54, 1.807) is 0 Å². The molecule has 0 aliphatic heterocycles. The molecule has 24 heavy (non-hydrogen) atoms. The molecule has 0 aliphatic rings. The minimum absolute atomic E-state index is 0.146. The molecule has 0 saturated heterocycles. The Morgan fingerprint density at radius 2 is 1.58 bits per heavy atom. The first kappa shape index (κ1) is 21.2. The van der Waals surface area contributed by atoms with Crippen molar-refractivity contribution in [1.82, 2.24) is 0 Å². The molecular weight excluding hydrogens is 376 g/mol. The fourth-order valence-electron chi connectivity index (χ4n) is 2.48. The number of benzene rings is 1. The molecule has 1 aromatic carbocycles. The minimum Gasteiger partial charge on any atom is -0.394 e. The van der Waals surface area contributed by atoms with E-state index in [9.17, 15) is 16.8 Å². The molecule has 8 nitrogen and oxygen atoms in total. The van der Waals surface area contributed by atoms with E-state index >= 15 is 0 Å². The topological polar surface area (TPSA) is 127 Å². The van der Waals surface area contributed by atoms with Crippen molar-refractivity contribution in [3.63, 3.8) is 0 Å². The highest BCUT2D eigenvalue weighted by atomic mass is 32.2. The Labute approximate surface area is 143 Å². The van der Waals surface area contributed by atoms with Gasteiger partial charge in [0.05, 0.1) is 5.75 Å². The van der Waals surface area contributed by atoms with Crippen LogP contribution in [0.25, 0.3) is 0 Å². The fraction of sp³-hybridized carbons (Fsp3) is 0.538. The van der Waals surface area contributed by atoms with Crippen LogP contribution in [0.15, 0.2) is 30.3 Å². The largest absolute Gasteiger partial charge is 0.394 e. The summed E-state index contributed by atoms with van der Waals surface area (Å²) in [6.07, 6.45) is 0.0930. The molecule has 2 N–H and O–H groups in total. The van der Waals surface area contributed by atoms with Gasteiger partial charge in [-0.3, -0.25) is 9.11 Å². The van der Waals surface area contributed by atoms with Crippen molar-refractivity contribution in [3.05, 3.63) is 30.3 Å². The van der Waals surface area contributed by atoms with Crippen LogP contribution in [0, 0.1) is 0 Å². The first-order chi connectivity index (χ1) is 11.0. The molecule has 0 amide bonds. The SMILES string of the molecule is CO[Si](CCCC(CS(=O)(=O)O)S(=O)(=O)O)(OC)c1ccccc1. The highest BCUT2D eigenvalue weighted by Crippen LogP contribution is 2.19. The van der Waals surface area contributed by atoms with E-state index in [2.05, 4.69) is 0 Å². The van der Waals surface area contributed by atoms with Gasteiger partial charge in [0, 0.05) is 14.2 Å². The maximum absolute atomic E-state index is 11.3. The van der Waals surface area contributed by atoms with E-state index in [1.807, 2.05) is 30.3 Å². The van der Waals surface area contributed by atoms with E-state index in [0.717, 1.165) is 5.19 Å². The van der Waals surface area contributed by atoms with Crippen molar-refractivity contribution in [3.8, 4) is 0 Å². The van der Waals surface area contributed by atoms with Crippen LogP contribution in [-0.2, 0) is 29.1 Å². The summed E-state index contributed by atoms with van der Waals surface area (Å²) in [5.41, 5.74) is 0. The van der Waals surface area contributed by atoms with Gasteiger partial charge in [-0.25, -0.2) is 0 Å². The second-order valence-corrected chi connectivity index (χ2v) is 11.9. The molecule has 0 saturated carbocycles. The molecule has 0 bridgehead atoms. The molecule has 0 aromatic heterocycles. The van der Waals surface area contributed by atoms with Crippen molar-refractivity contribution in [1.29, 1.82) is 0 Å². The predicted molar refractivity (Wildman–Crippen MR) is 91.6 cm³/mol. The van der Waals surface area contributed by atoms with Gasteiger partial charge in [0.25, 0.3) is 20.2 Å². The standard InChI is InChI=1S/C13H22O8S2Si/c1-20-24(21-2,13-8-4-3-5-9-13)10-6-7-12(23(17,18)19)11-22(14,15)16/h3-5,8-9,12H,6-7,10-11H2,1-2H3,(H,14,15,16)(H,17,18,19). The summed E-state index contributed by atoms with van der Waals surface area (Å²) >= 11 is 0. The second-order valence-electron chi connectivity index (χ2n) is 5.30. The van der Waals surface area contributed by atoms with Gasteiger partial charge in [0.1, 0.15) is 5.25 Å². The lowest BCUT2D eigenvalue weighted by atomic mass is 10.3. The van der Waals surface area contributed by atoms with E-state index in [4.69, 9.17) is 18.0 Å². The Hall–Kier alpha value is -0.823. The van der Waals surface area contributed by atoms with Gasteiger partial charge >= 0.3 is 8.56 Å². The van der Waals surface area contributed by atoms with Crippen molar-refractivity contribution in [2.45, 2.75) is 24.1 Å². The fourth-order valence-corrected chi connectivity index (χ4v) is 7.48. The van der Waals surface area contributed by atoms with Crippen molar-refractivity contribution < 1.29 is 34.8 Å². The first-order valence-corrected chi connectivity index (χ1v) is 12.2. The van der Waals surface area contributed by atoms with Crippen molar-refractivity contribution in [2.75, 3.05) is 20.0 Å². The maximum atomic E-state index is 11.3. The third kappa shape index (κ3) is 6.24. The van der Waals surface area contributed by atoms with Crippen LogP contribution in [0.3, 0.4) is 0 Å². The van der Waals surface area contributed by atoms with E-state index in [0.29, 0.717) is 6.04 Å². The summed E-state index contributed by atoms with van der Waals surface area (Å²) in [5, 5.41) is -0.739. The summed E-state index contributed by atoms with van der Waals surface area (Å²) in [6, 6.07) is 9.55. The van der Waals surface area contributed by atoms with Crippen LogP contribution in [0.4, 0.5) is 0 Å². The molecule has 1 atom stereocenters. The Morgan fingerprint density at radius 3 is 2.00 bits per heavy atom. The molecule has 0 spiro atoms. The van der Waals surface area contributed by atoms with Gasteiger partial charge in [-0.2, -0.15) is 16.8 Å². The molecule has 0 radical (unpaired) electrons. The van der Waals surface area contributed by atoms with Crippen LogP contribution in [-0.4, -0.2) is 59.7 Å². The summed E-state index contributed by atoms with van der Waals surface area (Å²) in [5.74, 6) is -1.05. The van der Waals surface area contributed by atoms with Crippen LogP contribution in [0.5, 0.6) is 0 Å². The van der Waals surface area contributed by atoms with Crippen LogP contribution < -0.4 is 5.19 Å². The molecule has 1 rings (SSSR count). The lowest BCUT2D eigenvalue weighted by Gasteiger charge is -2.28. The van der Waals surface area contributed by atoms with Crippen molar-refractivity contribution >= 4 is 34.0 Å². The van der Waals surface area contributed by atoms with Gasteiger partial charge in [-0.1, -0.05) is 30.3 Å². The molecule has 0 aliphatic carbocycles. The molecule has 138 valence electrons. The normalized spacial score (nSPS) is 14.5. The molecule has 11 heteroatoms. The van der Waals surface area contributed by atoms with E-state index < -0.39 is 39.8 Å². The highest BCUT2D eigenvalue weighted by molar-refractivity contribution is 7.90. The third-order valence-electron chi connectivity index (χ3n) is 3.72. The zero-order valence-corrected chi connectivity index (χ0v) is 16.1. The summed E-state index contributed by atoms with van der Waals surface area (Å²) in [6.45, 7) is 0. The van der Waals surface area contributed by atoms with Crippen LogP contribution in [0.2, 0.25) is 6.04 Å². The van der Waals surface area contributed by atoms with E-state index in [1.165, 1.54) is 14.2 Å². The Morgan fingerprint density at radius 1 is 1.04 bits per heavy atom. The average Bonchev–Trinajstić information content (AvgIpc) is 2.49. The Kier molecular flexibility index (Phi) is 7.53. The van der Waals surface area contributed by atoms with Crippen LogP contribution >= 0.6 is 0 Å². The molecule has 0 fully saturated rings. The molecule has 1 unspecified atom stereocenters. The summed E-state index contributed by atoms with van der Waals surface area (Å²) in [7, 11) is -8.92. The zero-order valence-electron chi connectivity index (χ0n) is 13.5. The average molecular weight is 399 g/mol. The molecule has 1 aromatic rings. The maximum Gasteiger partial charge on any atom is 0.371 e. The van der Waals surface area contributed by atoms with Crippen molar-refractivity contribution in [2.24, 2.45) is 0 Å². The Balaban J connectivity index is 2.87. The number of rotatable bonds is 10. The quantitative estimate of drug-likeness (QED) is 0.432. The van der Waals surface area contributed by atoms with E-state index in [-0.39, 0.29) is 12.8 Å². The lowest BCUT2D eigenvalue weighted by molar-refractivity contribution is 0.256. The monoisotopic (exact) mass is 398 g/mol. The van der Waals surface area contributed by atoms with Gasteiger partial charge < -0.3 is 8.85 Å². The highest BCUT2D eigenvalue weighted by Gasteiger charge is 2.38. The van der Waals surface area contributed by atoms with Crippen LogP contribution in [0.1, 0.15) is 12.8 Å². The first-order valence-electron chi connectivity index (χ1n) is 7.11. The predicted octanol–water partition coefficient (Wildman–Crippen LogP) is 0.553. The summed E-state index contributed by atoms with van der Waals surface area (Å²) < 4.78 is 73.6. The minimum atomic E-state index is -4.60. The van der Waals surface area contributed by atoms with Gasteiger partial charge in [-0.15, -0.1) is 0 Å². The lowest BCUT2D eigenvalue weighted by Crippen LogP contribution is -2.52. The smallest absolute Gasteiger partial charge is 0.371 e. The number of hydrogen-bond acceptors (Lipinski definition) is 6. The molecular formula is C13H22O8S2Si.